The van der Waals surface area contributed by atoms with Gasteiger partial charge in [0.1, 0.15) is 0 Å². The smallest absolute Gasteiger partial charge is 0.205 e. The van der Waals surface area contributed by atoms with E-state index in [1.54, 1.807) is 0 Å². The Kier molecular flexibility index (Phi) is 5.88. The summed E-state index contributed by atoms with van der Waals surface area (Å²) in [5.41, 5.74) is 2.33. The molecule has 1 atom stereocenters. The van der Waals surface area contributed by atoms with Crippen LogP contribution in [-0.4, -0.2) is 0 Å². The number of benzene rings is 3. The average Bonchev–Trinajstić information content (AvgIpc) is 2.69. The summed E-state index contributed by atoms with van der Waals surface area (Å²) in [7, 11) is -2.99. The van der Waals surface area contributed by atoms with Gasteiger partial charge in [-0.3, -0.25) is 9.65 Å². The van der Waals surface area contributed by atoms with Gasteiger partial charge in [-0.25, -0.2) is 0 Å². The fourth-order valence-corrected chi connectivity index (χ4v) is 5.65. The van der Waals surface area contributed by atoms with Gasteiger partial charge in [-0.05, 0) is 48.7 Å². The van der Waals surface area contributed by atoms with Gasteiger partial charge in [0, 0.05) is 16.7 Å². The van der Waals surface area contributed by atoms with Crippen molar-refractivity contribution in [2.24, 2.45) is 0 Å². The standard InChI is InChI=1S/C23H24NOP/c1-3-12-23(22-18-11-10-13-19(22)2)24-26(25,20-14-6-4-7-15-20)21-16-8-5-9-17-21/h3-11,13-18,23H,1,12H2,2H3,(H,24,25)/t23-/m1/s1. The molecule has 0 saturated carbocycles. The quantitative estimate of drug-likeness (QED) is 0.467. The van der Waals surface area contributed by atoms with Crippen molar-refractivity contribution in [1.82, 2.24) is 5.09 Å². The molecular formula is C23H24NOP. The van der Waals surface area contributed by atoms with E-state index in [0.717, 1.165) is 16.2 Å². The molecule has 3 aromatic carbocycles. The van der Waals surface area contributed by atoms with Crippen LogP contribution in [-0.2, 0) is 4.57 Å². The third-order valence-electron chi connectivity index (χ3n) is 4.54. The van der Waals surface area contributed by atoms with E-state index in [4.69, 9.17) is 0 Å². The van der Waals surface area contributed by atoms with E-state index in [1.807, 2.05) is 78.9 Å². The highest BCUT2D eigenvalue weighted by Gasteiger charge is 2.30. The molecule has 0 saturated heterocycles. The molecule has 0 unspecified atom stereocenters. The molecule has 3 heteroatoms. The van der Waals surface area contributed by atoms with Crippen LogP contribution >= 0.6 is 7.29 Å². The number of nitrogens with one attached hydrogen (secondary N) is 1. The van der Waals surface area contributed by atoms with Crippen LogP contribution in [0.3, 0.4) is 0 Å². The average molecular weight is 361 g/mol. The van der Waals surface area contributed by atoms with Crippen molar-refractivity contribution in [3.63, 3.8) is 0 Å². The fourth-order valence-electron chi connectivity index (χ4n) is 3.19. The van der Waals surface area contributed by atoms with E-state index >= 15 is 0 Å². The van der Waals surface area contributed by atoms with Gasteiger partial charge >= 0.3 is 0 Å². The first-order valence-corrected chi connectivity index (χ1v) is 10.5. The second-order valence-corrected chi connectivity index (χ2v) is 8.85. The molecule has 0 aliphatic carbocycles. The van der Waals surface area contributed by atoms with Crippen LogP contribution in [0.25, 0.3) is 0 Å². The van der Waals surface area contributed by atoms with E-state index in [-0.39, 0.29) is 6.04 Å². The maximum absolute atomic E-state index is 14.2. The zero-order valence-electron chi connectivity index (χ0n) is 15.0. The Morgan fingerprint density at radius 1 is 0.885 bits per heavy atom. The van der Waals surface area contributed by atoms with Crippen molar-refractivity contribution in [3.8, 4) is 0 Å². The van der Waals surface area contributed by atoms with Crippen molar-refractivity contribution in [2.75, 3.05) is 0 Å². The minimum Gasteiger partial charge on any atom is -0.297 e. The Bertz CT molecular complexity index is 862. The maximum Gasteiger partial charge on any atom is 0.205 e. The van der Waals surface area contributed by atoms with Crippen molar-refractivity contribution in [1.29, 1.82) is 0 Å². The number of hydrogen-bond acceptors (Lipinski definition) is 1. The topological polar surface area (TPSA) is 29.1 Å². The molecule has 2 nitrogen and oxygen atoms in total. The third-order valence-corrected chi connectivity index (χ3v) is 7.27. The molecule has 0 aromatic heterocycles. The number of hydrogen-bond donors (Lipinski definition) is 1. The van der Waals surface area contributed by atoms with Crippen LogP contribution in [0.4, 0.5) is 0 Å². The molecule has 0 aliphatic heterocycles. The van der Waals surface area contributed by atoms with Crippen LogP contribution in [0.2, 0.25) is 0 Å². The molecule has 3 rings (SSSR count). The monoisotopic (exact) mass is 361 g/mol. The lowest BCUT2D eigenvalue weighted by molar-refractivity contribution is 0.561. The summed E-state index contributed by atoms with van der Waals surface area (Å²) in [6.07, 6.45) is 2.58. The maximum atomic E-state index is 14.2. The first-order chi connectivity index (χ1) is 12.6. The Hall–Kier alpha value is -2.41. The highest BCUT2D eigenvalue weighted by Crippen LogP contribution is 2.42. The zero-order chi connectivity index (χ0) is 18.4. The second-order valence-electron chi connectivity index (χ2n) is 6.34. The van der Waals surface area contributed by atoms with Gasteiger partial charge in [-0.1, -0.05) is 66.7 Å². The van der Waals surface area contributed by atoms with Crippen LogP contribution in [0.5, 0.6) is 0 Å². The SMILES string of the molecule is C=CC[C@@H](NP(=O)(c1ccccc1)c1ccccc1)c1ccccc1C. The highest BCUT2D eigenvalue weighted by molar-refractivity contribution is 7.76. The van der Waals surface area contributed by atoms with Gasteiger partial charge in [-0.2, -0.15) is 0 Å². The summed E-state index contributed by atoms with van der Waals surface area (Å²) in [5, 5.41) is 5.13. The van der Waals surface area contributed by atoms with Crippen molar-refractivity contribution < 1.29 is 4.57 Å². The summed E-state index contributed by atoms with van der Waals surface area (Å²) in [6, 6.07) is 27.5. The zero-order valence-corrected chi connectivity index (χ0v) is 15.9. The Labute approximate surface area is 156 Å². The fraction of sp³-hybridized carbons (Fsp3) is 0.130. The van der Waals surface area contributed by atoms with Crippen LogP contribution in [0.1, 0.15) is 23.6 Å². The second kappa shape index (κ2) is 8.31. The van der Waals surface area contributed by atoms with E-state index in [0.29, 0.717) is 6.42 Å². The Morgan fingerprint density at radius 2 is 1.38 bits per heavy atom. The summed E-state index contributed by atoms with van der Waals surface area (Å²) < 4.78 is 14.2. The van der Waals surface area contributed by atoms with E-state index in [2.05, 4.69) is 30.7 Å². The summed E-state index contributed by atoms with van der Waals surface area (Å²) in [6.45, 7) is 5.99. The van der Waals surface area contributed by atoms with Crippen molar-refractivity contribution in [2.45, 2.75) is 19.4 Å². The number of aryl methyl sites for hydroxylation is 1. The van der Waals surface area contributed by atoms with E-state index < -0.39 is 7.29 Å². The highest BCUT2D eigenvalue weighted by atomic mass is 31.2. The summed E-state index contributed by atoms with van der Waals surface area (Å²) in [5.74, 6) is 0. The van der Waals surface area contributed by atoms with Crippen LogP contribution in [0, 0.1) is 6.92 Å². The molecule has 0 spiro atoms. The molecule has 3 aromatic rings. The molecule has 0 heterocycles. The van der Waals surface area contributed by atoms with E-state index in [9.17, 15) is 4.57 Å². The van der Waals surface area contributed by atoms with Gasteiger partial charge in [0.05, 0.1) is 0 Å². The predicted octanol–water partition coefficient (Wildman–Crippen LogP) is 5.13. The first-order valence-electron chi connectivity index (χ1n) is 8.80. The molecule has 1 N–H and O–H groups in total. The van der Waals surface area contributed by atoms with Gasteiger partial charge in [0.2, 0.25) is 7.29 Å². The summed E-state index contributed by atoms with van der Waals surface area (Å²) in [4.78, 5) is 0. The molecular weight excluding hydrogens is 337 g/mol. The molecule has 0 bridgehead atoms. The largest absolute Gasteiger partial charge is 0.297 e. The van der Waals surface area contributed by atoms with Gasteiger partial charge < -0.3 is 0 Å². The first kappa shape index (κ1) is 18.4. The molecule has 0 radical (unpaired) electrons. The normalized spacial score (nSPS) is 12.5. The summed E-state index contributed by atoms with van der Waals surface area (Å²) >= 11 is 0. The molecule has 0 aliphatic rings. The minimum atomic E-state index is -2.99. The van der Waals surface area contributed by atoms with Crippen LogP contribution in [0.15, 0.2) is 97.6 Å². The van der Waals surface area contributed by atoms with Crippen molar-refractivity contribution in [3.05, 3.63) is 109 Å². The molecule has 26 heavy (non-hydrogen) atoms. The lowest BCUT2D eigenvalue weighted by atomic mass is 10.00. The molecule has 0 amide bonds. The van der Waals surface area contributed by atoms with Gasteiger partial charge in [0.25, 0.3) is 0 Å². The minimum absolute atomic E-state index is 0.0695. The van der Waals surface area contributed by atoms with Crippen molar-refractivity contribution >= 4 is 17.9 Å². The molecule has 0 fully saturated rings. The van der Waals surface area contributed by atoms with Gasteiger partial charge in [0.15, 0.2) is 0 Å². The van der Waals surface area contributed by atoms with Gasteiger partial charge in [-0.15, -0.1) is 6.58 Å². The predicted molar refractivity (Wildman–Crippen MR) is 112 cm³/mol. The Balaban J connectivity index is 2.09. The number of rotatable bonds is 7. The van der Waals surface area contributed by atoms with E-state index in [1.165, 1.54) is 5.56 Å². The Morgan fingerprint density at radius 3 is 1.88 bits per heavy atom. The lowest BCUT2D eigenvalue weighted by Crippen LogP contribution is -2.30. The molecule has 132 valence electrons. The van der Waals surface area contributed by atoms with Crippen LogP contribution < -0.4 is 15.7 Å². The lowest BCUT2D eigenvalue weighted by Gasteiger charge is -2.27. The third kappa shape index (κ3) is 3.88.